The lowest BCUT2D eigenvalue weighted by atomic mass is 9.84. The number of aliphatic carboxylic acids is 1. The van der Waals surface area contributed by atoms with Crippen molar-refractivity contribution in [2.45, 2.75) is 74.9 Å². The van der Waals surface area contributed by atoms with E-state index in [9.17, 15) is 15.0 Å². The van der Waals surface area contributed by atoms with E-state index < -0.39 is 18.2 Å². The van der Waals surface area contributed by atoms with Crippen LogP contribution in [0, 0.1) is 5.92 Å². The molecule has 0 aliphatic heterocycles. The van der Waals surface area contributed by atoms with Crippen molar-refractivity contribution < 1.29 is 25.2 Å². The van der Waals surface area contributed by atoms with E-state index in [-0.39, 0.29) is 30.2 Å². The molecule has 4 N–H and O–H groups in total. The smallest absolute Gasteiger partial charge is 0.303 e. The molecule has 1 aliphatic rings. The van der Waals surface area contributed by atoms with Crippen molar-refractivity contribution >= 4 is 17.6 Å². The van der Waals surface area contributed by atoms with Gasteiger partial charge in [-0.3, -0.25) is 4.79 Å². The van der Waals surface area contributed by atoms with Crippen molar-refractivity contribution in [3.8, 4) is 0 Å². The molecular weight excluding hydrogens is 392 g/mol. The predicted octanol–water partition coefficient (Wildman–Crippen LogP) is 4.16. The molecule has 0 saturated heterocycles. The second-order valence-corrected chi connectivity index (χ2v) is 8.46. The van der Waals surface area contributed by atoms with Crippen LogP contribution in [0.15, 0.2) is 36.4 Å². The molecule has 2 rings (SSSR count). The molecule has 1 saturated carbocycles. The van der Waals surface area contributed by atoms with E-state index >= 15 is 0 Å². The zero-order chi connectivity index (χ0) is 21.2. The third-order valence-electron chi connectivity index (χ3n) is 5.74. The summed E-state index contributed by atoms with van der Waals surface area (Å²) in [6, 6.07) is 7.76. The number of carboxylic acid groups (broad SMARTS) is 1. The number of carbonyl (C=O) groups is 1. The van der Waals surface area contributed by atoms with Gasteiger partial charge in [-0.1, -0.05) is 36.4 Å². The Morgan fingerprint density at radius 3 is 2.55 bits per heavy atom. The maximum Gasteiger partial charge on any atom is 0.303 e. The Labute approximate surface area is 178 Å². The third kappa shape index (κ3) is 7.41. The van der Waals surface area contributed by atoms with Gasteiger partial charge in [0.25, 0.3) is 0 Å². The first kappa shape index (κ1) is 23.9. The van der Waals surface area contributed by atoms with Gasteiger partial charge in [-0.15, -0.1) is 11.6 Å². The van der Waals surface area contributed by atoms with Crippen LogP contribution in [-0.4, -0.2) is 44.5 Å². The highest BCUT2D eigenvalue weighted by molar-refractivity contribution is 6.21. The molecule has 1 aromatic carbocycles. The number of aliphatic hydroxyl groups is 3. The van der Waals surface area contributed by atoms with Crippen molar-refractivity contribution in [3.63, 3.8) is 0 Å². The summed E-state index contributed by atoms with van der Waals surface area (Å²) in [6.45, 7) is 0.139. The van der Waals surface area contributed by atoms with Gasteiger partial charge in [0.2, 0.25) is 0 Å². The van der Waals surface area contributed by atoms with Crippen LogP contribution in [0.3, 0.4) is 0 Å². The fraction of sp³-hybridized carbons (Fsp3) is 0.609. The van der Waals surface area contributed by atoms with E-state index in [2.05, 4.69) is 0 Å². The molecule has 5 atom stereocenters. The molecule has 0 spiro atoms. The molecule has 1 aromatic rings. The van der Waals surface area contributed by atoms with E-state index in [1.54, 1.807) is 0 Å². The standard InChI is InChI=1S/C23H33ClO5/c24-19-15-21(27)23(18(19)7-3-1-2-4-9-22(28)29)17-12-10-16(11-13-17)20(26)8-5-6-14-25/h1,3,10-13,18-21,23,25-27H,2,4-9,14-15H2,(H,28,29)/t18-,19-,20?,21?,23+/m0/s1. The molecule has 5 nitrogen and oxygen atoms in total. The summed E-state index contributed by atoms with van der Waals surface area (Å²) >= 11 is 6.52. The molecule has 1 fully saturated rings. The van der Waals surface area contributed by atoms with Gasteiger partial charge in [-0.25, -0.2) is 0 Å². The van der Waals surface area contributed by atoms with Crippen molar-refractivity contribution in [2.24, 2.45) is 5.92 Å². The van der Waals surface area contributed by atoms with Crippen LogP contribution in [0.25, 0.3) is 0 Å². The topological polar surface area (TPSA) is 98.0 Å². The lowest BCUT2D eigenvalue weighted by Crippen LogP contribution is -2.18. The predicted molar refractivity (Wildman–Crippen MR) is 114 cm³/mol. The summed E-state index contributed by atoms with van der Waals surface area (Å²) in [4.78, 5) is 10.6. The van der Waals surface area contributed by atoms with Gasteiger partial charge in [-0.05, 0) is 62.0 Å². The number of hydrogen-bond acceptors (Lipinski definition) is 4. The highest BCUT2D eigenvalue weighted by atomic mass is 35.5. The SMILES string of the molecule is O=C(O)CCCC=CC[C@H]1[C@@H](Cl)CC(O)[C@@H]1c1ccc(C(O)CCCCO)cc1. The molecule has 2 unspecified atom stereocenters. The monoisotopic (exact) mass is 424 g/mol. The number of halogens is 1. The number of benzene rings is 1. The Kier molecular flexibility index (Phi) is 10.2. The van der Waals surface area contributed by atoms with Crippen LogP contribution in [0.2, 0.25) is 0 Å². The lowest BCUT2D eigenvalue weighted by molar-refractivity contribution is -0.137. The van der Waals surface area contributed by atoms with E-state index in [1.807, 2.05) is 36.4 Å². The normalized spacial score (nSPS) is 25.5. The van der Waals surface area contributed by atoms with E-state index in [4.69, 9.17) is 21.8 Å². The van der Waals surface area contributed by atoms with Crippen LogP contribution in [0.1, 0.15) is 74.5 Å². The molecule has 0 amide bonds. The number of unbranched alkanes of at least 4 members (excludes halogenated alkanes) is 2. The summed E-state index contributed by atoms with van der Waals surface area (Å²) in [7, 11) is 0. The summed E-state index contributed by atoms with van der Waals surface area (Å²) in [5, 5.41) is 38.3. The summed E-state index contributed by atoms with van der Waals surface area (Å²) in [5.41, 5.74) is 1.87. The number of aliphatic hydroxyl groups excluding tert-OH is 3. The number of carboxylic acids is 1. The second kappa shape index (κ2) is 12.3. The van der Waals surface area contributed by atoms with Gasteiger partial charge in [0.1, 0.15) is 0 Å². The van der Waals surface area contributed by atoms with Gasteiger partial charge in [0, 0.05) is 24.3 Å². The van der Waals surface area contributed by atoms with Gasteiger partial charge >= 0.3 is 5.97 Å². The summed E-state index contributed by atoms with van der Waals surface area (Å²) < 4.78 is 0. The zero-order valence-corrected chi connectivity index (χ0v) is 17.5. The molecular formula is C23H33ClO5. The van der Waals surface area contributed by atoms with Crippen LogP contribution < -0.4 is 0 Å². The largest absolute Gasteiger partial charge is 0.481 e. The minimum Gasteiger partial charge on any atom is -0.481 e. The Bertz CT molecular complexity index is 645. The first-order valence-electron chi connectivity index (χ1n) is 10.5. The lowest BCUT2D eigenvalue weighted by Gasteiger charge is -2.23. The first-order chi connectivity index (χ1) is 13.9. The van der Waals surface area contributed by atoms with Crippen molar-refractivity contribution in [2.75, 3.05) is 6.61 Å². The zero-order valence-electron chi connectivity index (χ0n) is 16.8. The average molecular weight is 425 g/mol. The van der Waals surface area contributed by atoms with Gasteiger partial charge in [0.05, 0.1) is 12.2 Å². The summed E-state index contributed by atoms with van der Waals surface area (Å²) in [6.07, 6.45) is 7.89. The van der Waals surface area contributed by atoms with Crippen LogP contribution in [0.5, 0.6) is 0 Å². The quantitative estimate of drug-likeness (QED) is 0.229. The maximum absolute atomic E-state index is 10.6. The van der Waals surface area contributed by atoms with Gasteiger partial charge in [0.15, 0.2) is 0 Å². The number of rotatable bonds is 12. The number of alkyl halides is 1. The molecule has 1 aliphatic carbocycles. The minimum atomic E-state index is -0.778. The van der Waals surface area contributed by atoms with Crippen LogP contribution >= 0.6 is 11.6 Å². The maximum atomic E-state index is 10.6. The molecule has 29 heavy (non-hydrogen) atoms. The van der Waals surface area contributed by atoms with Crippen molar-refractivity contribution in [1.82, 2.24) is 0 Å². The first-order valence-corrected chi connectivity index (χ1v) is 11.0. The summed E-state index contributed by atoms with van der Waals surface area (Å²) in [5.74, 6) is -0.718. The molecule has 0 radical (unpaired) electrons. The van der Waals surface area contributed by atoms with Crippen molar-refractivity contribution in [3.05, 3.63) is 47.5 Å². The minimum absolute atomic E-state index is 0.0539. The van der Waals surface area contributed by atoms with Gasteiger partial charge in [-0.2, -0.15) is 0 Å². The Balaban J connectivity index is 1.96. The molecule has 0 heterocycles. The Morgan fingerprint density at radius 1 is 1.17 bits per heavy atom. The number of hydrogen-bond donors (Lipinski definition) is 4. The van der Waals surface area contributed by atoms with E-state index in [0.717, 1.165) is 30.4 Å². The molecule has 6 heteroatoms. The van der Waals surface area contributed by atoms with Gasteiger partial charge < -0.3 is 20.4 Å². The Morgan fingerprint density at radius 2 is 1.90 bits per heavy atom. The number of allylic oxidation sites excluding steroid dienone is 2. The molecule has 0 bridgehead atoms. The van der Waals surface area contributed by atoms with E-state index in [1.165, 1.54) is 0 Å². The molecule has 0 aromatic heterocycles. The Hall–Kier alpha value is -1.40. The van der Waals surface area contributed by atoms with E-state index in [0.29, 0.717) is 25.7 Å². The van der Waals surface area contributed by atoms with Crippen molar-refractivity contribution in [1.29, 1.82) is 0 Å². The highest BCUT2D eigenvalue weighted by Crippen LogP contribution is 2.45. The fourth-order valence-electron chi connectivity index (χ4n) is 4.12. The average Bonchev–Trinajstić information content (AvgIpc) is 2.97. The van der Waals surface area contributed by atoms with Crippen LogP contribution in [0.4, 0.5) is 0 Å². The highest BCUT2D eigenvalue weighted by Gasteiger charge is 2.41. The second-order valence-electron chi connectivity index (χ2n) is 7.90. The molecule has 162 valence electrons. The third-order valence-corrected chi connectivity index (χ3v) is 6.24. The van der Waals surface area contributed by atoms with Crippen LogP contribution in [-0.2, 0) is 4.79 Å². The fourth-order valence-corrected chi connectivity index (χ4v) is 4.57.